The molecule has 3 N–H and O–H groups in total. The number of primary amides is 1. The monoisotopic (exact) mass is 250 g/mol. The number of hydrogen-bond donors (Lipinski definition) is 2. The molecule has 0 saturated heterocycles. The number of nitrogens with two attached hydrogens (primary N) is 1. The minimum atomic E-state index is -0.434. The second-order valence-electron chi connectivity index (χ2n) is 4.22. The van der Waals surface area contributed by atoms with Crippen LogP contribution >= 0.6 is 0 Å². The predicted octanol–water partition coefficient (Wildman–Crippen LogP) is 1.48. The van der Waals surface area contributed by atoms with Gasteiger partial charge in [-0.05, 0) is 37.1 Å². The smallest absolute Gasteiger partial charge is 0.238 e. The van der Waals surface area contributed by atoms with E-state index in [0.717, 1.165) is 25.1 Å². The number of nitrogens with one attached hydrogen (secondary N) is 1. The number of amides is 1. The third kappa shape index (κ3) is 4.75. The third-order valence-electron chi connectivity index (χ3n) is 2.73. The molecule has 0 heterocycles. The molecule has 1 aromatic rings. The van der Waals surface area contributed by atoms with Gasteiger partial charge in [0.2, 0.25) is 5.91 Å². The first-order valence-electron chi connectivity index (χ1n) is 6.41. The summed E-state index contributed by atoms with van der Waals surface area (Å²) in [6.45, 7) is 5.16. The molecular weight excluding hydrogens is 228 g/mol. The Morgan fingerprint density at radius 2 is 2.00 bits per heavy atom. The molecule has 100 valence electrons. The zero-order valence-electron chi connectivity index (χ0n) is 11.1. The maximum absolute atomic E-state index is 11.2. The van der Waals surface area contributed by atoms with Crippen molar-refractivity contribution in [2.75, 3.05) is 13.2 Å². The molecule has 18 heavy (non-hydrogen) atoms. The molecule has 1 rings (SSSR count). The van der Waals surface area contributed by atoms with Crippen LogP contribution in [0, 0.1) is 0 Å². The Bertz CT molecular complexity index is 363. The van der Waals surface area contributed by atoms with E-state index in [1.165, 1.54) is 5.56 Å². The van der Waals surface area contributed by atoms with Crippen molar-refractivity contribution in [2.24, 2.45) is 5.73 Å². The summed E-state index contributed by atoms with van der Waals surface area (Å²) in [6, 6.07) is 7.44. The average Bonchev–Trinajstić information content (AvgIpc) is 2.39. The zero-order chi connectivity index (χ0) is 13.4. The Morgan fingerprint density at radius 1 is 1.33 bits per heavy atom. The maximum Gasteiger partial charge on any atom is 0.238 e. The number of ether oxygens (including phenoxy) is 1. The largest absolute Gasteiger partial charge is 0.491 e. The lowest BCUT2D eigenvalue weighted by Crippen LogP contribution is -2.45. The van der Waals surface area contributed by atoms with Gasteiger partial charge in [0.15, 0.2) is 0 Å². The SMILES string of the molecule is CCCNC(COc1ccc(CC)cc1)C(N)=O. The van der Waals surface area contributed by atoms with Gasteiger partial charge in [-0.3, -0.25) is 4.79 Å². The fourth-order valence-corrected chi connectivity index (χ4v) is 1.56. The van der Waals surface area contributed by atoms with Crippen LogP contribution in [0.15, 0.2) is 24.3 Å². The Morgan fingerprint density at radius 3 is 2.50 bits per heavy atom. The Kier molecular flexibility index (Phi) is 6.22. The summed E-state index contributed by atoms with van der Waals surface area (Å²) >= 11 is 0. The van der Waals surface area contributed by atoms with E-state index in [0.29, 0.717) is 0 Å². The van der Waals surface area contributed by atoms with Gasteiger partial charge in [-0.1, -0.05) is 26.0 Å². The number of aryl methyl sites for hydroxylation is 1. The summed E-state index contributed by atoms with van der Waals surface area (Å²) in [6.07, 6.45) is 1.96. The molecule has 0 bridgehead atoms. The topological polar surface area (TPSA) is 64.3 Å². The Hall–Kier alpha value is -1.55. The van der Waals surface area contributed by atoms with E-state index in [9.17, 15) is 4.79 Å². The highest BCUT2D eigenvalue weighted by atomic mass is 16.5. The lowest BCUT2D eigenvalue weighted by molar-refractivity contribution is -0.120. The summed E-state index contributed by atoms with van der Waals surface area (Å²) in [5.41, 5.74) is 6.57. The van der Waals surface area contributed by atoms with E-state index in [1.54, 1.807) is 0 Å². The van der Waals surface area contributed by atoms with Crippen molar-refractivity contribution in [2.45, 2.75) is 32.7 Å². The van der Waals surface area contributed by atoms with Gasteiger partial charge in [0, 0.05) is 0 Å². The number of benzene rings is 1. The van der Waals surface area contributed by atoms with E-state index >= 15 is 0 Å². The molecule has 0 aromatic heterocycles. The summed E-state index contributed by atoms with van der Waals surface area (Å²) < 4.78 is 5.56. The first-order valence-corrected chi connectivity index (χ1v) is 6.41. The average molecular weight is 250 g/mol. The van der Waals surface area contributed by atoms with Gasteiger partial charge in [-0.15, -0.1) is 0 Å². The predicted molar refractivity (Wildman–Crippen MR) is 72.6 cm³/mol. The highest BCUT2D eigenvalue weighted by molar-refractivity contribution is 5.80. The molecule has 0 aliphatic heterocycles. The van der Waals surface area contributed by atoms with Gasteiger partial charge in [-0.25, -0.2) is 0 Å². The number of carbonyl (C=O) groups excluding carboxylic acids is 1. The zero-order valence-corrected chi connectivity index (χ0v) is 11.1. The second kappa shape index (κ2) is 7.71. The minimum Gasteiger partial charge on any atom is -0.491 e. The van der Waals surface area contributed by atoms with Crippen molar-refractivity contribution in [1.82, 2.24) is 5.32 Å². The van der Waals surface area contributed by atoms with Gasteiger partial charge in [0.1, 0.15) is 18.4 Å². The van der Waals surface area contributed by atoms with Gasteiger partial charge in [-0.2, -0.15) is 0 Å². The van der Waals surface area contributed by atoms with Crippen molar-refractivity contribution < 1.29 is 9.53 Å². The van der Waals surface area contributed by atoms with E-state index in [-0.39, 0.29) is 12.5 Å². The first-order chi connectivity index (χ1) is 8.67. The molecule has 0 fully saturated rings. The molecule has 0 radical (unpaired) electrons. The molecule has 0 aliphatic rings. The lowest BCUT2D eigenvalue weighted by Gasteiger charge is -2.16. The van der Waals surface area contributed by atoms with Crippen LogP contribution in [0.4, 0.5) is 0 Å². The summed E-state index contributed by atoms with van der Waals surface area (Å²) in [5, 5.41) is 3.06. The van der Waals surface area contributed by atoms with Crippen LogP contribution < -0.4 is 15.8 Å². The molecule has 0 aliphatic carbocycles. The number of carbonyl (C=O) groups is 1. The molecule has 0 saturated carbocycles. The molecule has 4 nitrogen and oxygen atoms in total. The Balaban J connectivity index is 2.47. The summed E-state index contributed by atoms with van der Waals surface area (Å²) in [5.74, 6) is 0.380. The molecule has 1 atom stereocenters. The van der Waals surface area contributed by atoms with Gasteiger partial charge < -0.3 is 15.8 Å². The third-order valence-corrected chi connectivity index (χ3v) is 2.73. The fraction of sp³-hybridized carbons (Fsp3) is 0.500. The van der Waals surface area contributed by atoms with Crippen molar-refractivity contribution in [1.29, 1.82) is 0 Å². The van der Waals surface area contributed by atoms with Gasteiger partial charge in [0.25, 0.3) is 0 Å². The molecule has 4 heteroatoms. The Labute approximate surface area is 109 Å². The van der Waals surface area contributed by atoms with Gasteiger partial charge >= 0.3 is 0 Å². The van der Waals surface area contributed by atoms with Crippen LogP contribution in [0.2, 0.25) is 0 Å². The number of rotatable bonds is 8. The standard InChI is InChI=1S/C14H22N2O2/c1-3-9-16-13(14(15)17)10-18-12-7-5-11(4-2)6-8-12/h5-8,13,16H,3-4,9-10H2,1-2H3,(H2,15,17). The normalized spacial score (nSPS) is 12.1. The quantitative estimate of drug-likeness (QED) is 0.734. The summed E-state index contributed by atoms with van der Waals surface area (Å²) in [4.78, 5) is 11.2. The van der Waals surface area contributed by atoms with Crippen LogP contribution in [-0.4, -0.2) is 25.1 Å². The molecule has 0 spiro atoms. The molecule has 1 aromatic carbocycles. The first kappa shape index (κ1) is 14.5. The van der Waals surface area contributed by atoms with E-state index in [1.807, 2.05) is 31.2 Å². The highest BCUT2D eigenvalue weighted by Crippen LogP contribution is 2.12. The molecule has 1 amide bonds. The highest BCUT2D eigenvalue weighted by Gasteiger charge is 2.14. The van der Waals surface area contributed by atoms with Crippen molar-refractivity contribution in [3.05, 3.63) is 29.8 Å². The van der Waals surface area contributed by atoms with E-state index in [4.69, 9.17) is 10.5 Å². The fourth-order valence-electron chi connectivity index (χ4n) is 1.56. The van der Waals surface area contributed by atoms with Crippen LogP contribution in [0.5, 0.6) is 5.75 Å². The van der Waals surface area contributed by atoms with E-state index in [2.05, 4.69) is 12.2 Å². The van der Waals surface area contributed by atoms with Crippen LogP contribution in [0.3, 0.4) is 0 Å². The van der Waals surface area contributed by atoms with Crippen molar-refractivity contribution in [3.63, 3.8) is 0 Å². The lowest BCUT2D eigenvalue weighted by atomic mass is 10.2. The van der Waals surface area contributed by atoms with Crippen LogP contribution in [0.1, 0.15) is 25.8 Å². The van der Waals surface area contributed by atoms with Crippen LogP contribution in [-0.2, 0) is 11.2 Å². The van der Waals surface area contributed by atoms with Crippen molar-refractivity contribution >= 4 is 5.91 Å². The maximum atomic E-state index is 11.2. The second-order valence-corrected chi connectivity index (χ2v) is 4.22. The summed E-state index contributed by atoms with van der Waals surface area (Å²) in [7, 11) is 0. The van der Waals surface area contributed by atoms with E-state index < -0.39 is 6.04 Å². The number of hydrogen-bond acceptors (Lipinski definition) is 3. The van der Waals surface area contributed by atoms with Gasteiger partial charge in [0.05, 0.1) is 0 Å². The van der Waals surface area contributed by atoms with Crippen molar-refractivity contribution in [3.8, 4) is 5.75 Å². The molecule has 1 unspecified atom stereocenters. The van der Waals surface area contributed by atoms with Crippen LogP contribution in [0.25, 0.3) is 0 Å². The molecular formula is C14H22N2O2. The minimum absolute atomic E-state index is 0.265.